The van der Waals surface area contributed by atoms with Gasteiger partial charge in [-0.1, -0.05) is 6.07 Å². The van der Waals surface area contributed by atoms with Gasteiger partial charge in [-0.2, -0.15) is 0 Å². The van der Waals surface area contributed by atoms with Crippen molar-refractivity contribution in [2.75, 3.05) is 7.11 Å². The molecule has 7 unspecified atom stereocenters. The average molecular weight is 480 g/mol. The zero-order chi connectivity index (χ0) is 24.7. The summed E-state index contributed by atoms with van der Waals surface area (Å²) in [5, 5.41) is 70.0. The van der Waals surface area contributed by atoms with E-state index in [1.54, 1.807) is 6.07 Å². The van der Waals surface area contributed by atoms with E-state index in [1.807, 2.05) is 0 Å². The van der Waals surface area contributed by atoms with E-state index in [2.05, 4.69) is 0 Å². The van der Waals surface area contributed by atoms with Crippen molar-refractivity contribution in [1.82, 2.24) is 0 Å². The number of ether oxygens (including phenoxy) is 4. The van der Waals surface area contributed by atoms with Gasteiger partial charge in [-0.05, 0) is 17.7 Å². The number of fused-ring (bicyclic) bond motifs is 1. The van der Waals surface area contributed by atoms with Crippen molar-refractivity contribution in [2.45, 2.75) is 49.3 Å². The minimum absolute atomic E-state index is 0.0177. The molecule has 34 heavy (non-hydrogen) atoms. The Morgan fingerprint density at radius 2 is 1.74 bits per heavy atom. The molecule has 2 heterocycles. The standard InChI is InChI=1S/C22H24O12/c1-31-15-4-8(2-3-11(15)23)19-13(25)7-10-12(24)5-9(6-14(10)33-19)32-22-18(28)16(26)17(27)20(34-22)21(29)30/h2-6,13,16-20,22-28H,7H2,1H3,(H,29,30). The summed E-state index contributed by atoms with van der Waals surface area (Å²) in [6.45, 7) is 0. The first-order chi connectivity index (χ1) is 16.1. The largest absolute Gasteiger partial charge is 0.507 e. The molecule has 0 bridgehead atoms. The molecule has 1 fully saturated rings. The second kappa shape index (κ2) is 9.16. The monoisotopic (exact) mass is 480 g/mol. The smallest absolute Gasteiger partial charge is 0.335 e. The SMILES string of the molecule is COc1cc(C2Oc3cc(OC4OC(C(=O)O)C(O)C(O)C4O)cc(O)c3CC2O)ccc1O. The topological polar surface area (TPSA) is 196 Å². The van der Waals surface area contributed by atoms with Crippen LogP contribution in [0.15, 0.2) is 30.3 Å². The van der Waals surface area contributed by atoms with Crippen LogP contribution in [-0.4, -0.2) is 85.6 Å². The van der Waals surface area contributed by atoms with Crippen LogP contribution in [0.25, 0.3) is 0 Å². The fourth-order valence-electron chi connectivity index (χ4n) is 3.96. The number of aromatic hydroxyl groups is 2. The Labute approximate surface area is 192 Å². The van der Waals surface area contributed by atoms with E-state index in [4.69, 9.17) is 18.9 Å². The van der Waals surface area contributed by atoms with Crippen LogP contribution in [0.5, 0.6) is 28.7 Å². The van der Waals surface area contributed by atoms with Crippen LogP contribution < -0.4 is 14.2 Å². The van der Waals surface area contributed by atoms with E-state index in [0.717, 1.165) is 6.07 Å². The Hall–Kier alpha value is -3.29. The summed E-state index contributed by atoms with van der Waals surface area (Å²) in [7, 11) is 1.38. The van der Waals surface area contributed by atoms with Crippen molar-refractivity contribution in [3.05, 3.63) is 41.5 Å². The number of aliphatic hydroxyl groups excluding tert-OH is 4. The van der Waals surface area contributed by atoms with Gasteiger partial charge in [0.15, 0.2) is 17.6 Å². The fourth-order valence-corrected chi connectivity index (χ4v) is 3.96. The first-order valence-corrected chi connectivity index (χ1v) is 10.3. The van der Waals surface area contributed by atoms with Crippen molar-refractivity contribution < 1.29 is 59.5 Å². The molecular formula is C22H24O12. The Bertz CT molecular complexity index is 1070. The van der Waals surface area contributed by atoms with Gasteiger partial charge in [-0.3, -0.25) is 0 Å². The molecule has 0 radical (unpaired) electrons. The molecule has 2 aromatic carbocycles. The molecule has 1 saturated heterocycles. The van der Waals surface area contributed by atoms with Crippen LogP contribution >= 0.6 is 0 Å². The maximum absolute atomic E-state index is 11.3. The fraction of sp³-hybridized carbons (Fsp3) is 0.409. The third kappa shape index (κ3) is 4.29. The Morgan fingerprint density at radius 3 is 2.41 bits per heavy atom. The van der Waals surface area contributed by atoms with Gasteiger partial charge in [0.1, 0.15) is 41.7 Å². The predicted octanol–water partition coefficient (Wildman–Crippen LogP) is -0.586. The third-order valence-corrected chi connectivity index (χ3v) is 5.77. The van der Waals surface area contributed by atoms with Crippen molar-refractivity contribution in [3.63, 3.8) is 0 Å². The molecule has 2 aliphatic rings. The van der Waals surface area contributed by atoms with Crippen LogP contribution in [0.4, 0.5) is 0 Å². The van der Waals surface area contributed by atoms with Gasteiger partial charge in [0, 0.05) is 24.1 Å². The number of carboxylic acids is 1. The zero-order valence-electron chi connectivity index (χ0n) is 17.8. The second-order valence-corrected chi connectivity index (χ2v) is 8.01. The summed E-state index contributed by atoms with van der Waals surface area (Å²) in [4.78, 5) is 11.3. The Kier molecular flexibility index (Phi) is 6.43. The minimum atomic E-state index is -1.88. The van der Waals surface area contributed by atoms with Gasteiger partial charge in [0.2, 0.25) is 6.29 Å². The van der Waals surface area contributed by atoms with Gasteiger partial charge < -0.3 is 54.7 Å². The summed E-state index contributed by atoms with van der Waals surface area (Å²) >= 11 is 0. The minimum Gasteiger partial charge on any atom is -0.507 e. The number of hydrogen-bond donors (Lipinski definition) is 7. The molecule has 0 spiro atoms. The van der Waals surface area contributed by atoms with E-state index >= 15 is 0 Å². The van der Waals surface area contributed by atoms with Crippen molar-refractivity contribution >= 4 is 5.97 Å². The second-order valence-electron chi connectivity index (χ2n) is 8.01. The number of hydrogen-bond acceptors (Lipinski definition) is 11. The van der Waals surface area contributed by atoms with Gasteiger partial charge >= 0.3 is 5.97 Å². The van der Waals surface area contributed by atoms with Gasteiger partial charge in [0.25, 0.3) is 0 Å². The lowest BCUT2D eigenvalue weighted by molar-refractivity contribution is -0.271. The average Bonchev–Trinajstić information content (AvgIpc) is 2.80. The lowest BCUT2D eigenvalue weighted by atomic mass is 9.94. The normalized spacial score (nSPS) is 30.7. The molecule has 0 saturated carbocycles. The number of aliphatic carboxylic acids is 1. The summed E-state index contributed by atoms with van der Waals surface area (Å²) in [5.74, 6) is -1.73. The van der Waals surface area contributed by atoms with Gasteiger partial charge in [-0.15, -0.1) is 0 Å². The third-order valence-electron chi connectivity index (χ3n) is 5.77. The van der Waals surface area contributed by atoms with E-state index in [-0.39, 0.29) is 40.7 Å². The van der Waals surface area contributed by atoms with Crippen LogP contribution in [0, 0.1) is 0 Å². The lowest BCUT2D eigenvalue weighted by Gasteiger charge is -2.38. The molecule has 4 rings (SSSR count). The molecule has 7 atom stereocenters. The highest BCUT2D eigenvalue weighted by Gasteiger charge is 2.48. The van der Waals surface area contributed by atoms with Crippen molar-refractivity contribution in [2.24, 2.45) is 0 Å². The van der Waals surface area contributed by atoms with E-state index < -0.39 is 48.9 Å². The molecular weight excluding hydrogens is 456 g/mol. The molecule has 184 valence electrons. The number of rotatable bonds is 5. The number of phenols is 2. The van der Waals surface area contributed by atoms with Crippen LogP contribution in [0.3, 0.4) is 0 Å². The van der Waals surface area contributed by atoms with Crippen LogP contribution in [0.1, 0.15) is 17.2 Å². The maximum Gasteiger partial charge on any atom is 0.335 e. The molecule has 2 aliphatic heterocycles. The summed E-state index contributed by atoms with van der Waals surface area (Å²) < 4.78 is 21.5. The Balaban J connectivity index is 1.60. The molecule has 2 aromatic rings. The molecule has 0 amide bonds. The van der Waals surface area contributed by atoms with Crippen LogP contribution in [-0.2, 0) is 16.0 Å². The first-order valence-electron chi connectivity index (χ1n) is 10.3. The summed E-state index contributed by atoms with van der Waals surface area (Å²) in [6, 6.07) is 6.93. The molecule has 7 N–H and O–H groups in total. The summed E-state index contributed by atoms with van der Waals surface area (Å²) in [5.41, 5.74) is 0.775. The Morgan fingerprint density at radius 1 is 1.00 bits per heavy atom. The number of phenolic OH excluding ortho intramolecular Hbond substituents is 2. The number of benzene rings is 2. The first kappa shape index (κ1) is 23.9. The van der Waals surface area contributed by atoms with Gasteiger partial charge in [-0.25, -0.2) is 4.79 Å². The number of methoxy groups -OCH3 is 1. The number of carboxylic acid groups (broad SMARTS) is 1. The quantitative estimate of drug-likeness (QED) is 0.288. The maximum atomic E-state index is 11.3. The molecule has 0 aromatic heterocycles. The van der Waals surface area contributed by atoms with E-state index in [9.17, 15) is 40.5 Å². The highest BCUT2D eigenvalue weighted by Crippen LogP contribution is 2.43. The molecule has 0 aliphatic carbocycles. The highest BCUT2D eigenvalue weighted by molar-refractivity contribution is 5.73. The highest BCUT2D eigenvalue weighted by atomic mass is 16.7. The van der Waals surface area contributed by atoms with E-state index in [0.29, 0.717) is 5.56 Å². The lowest BCUT2D eigenvalue weighted by Crippen LogP contribution is -2.61. The van der Waals surface area contributed by atoms with Crippen molar-refractivity contribution in [3.8, 4) is 28.7 Å². The van der Waals surface area contributed by atoms with Crippen molar-refractivity contribution in [1.29, 1.82) is 0 Å². The predicted molar refractivity (Wildman–Crippen MR) is 111 cm³/mol. The number of carbonyl (C=O) groups is 1. The van der Waals surface area contributed by atoms with E-state index in [1.165, 1.54) is 25.3 Å². The number of aliphatic hydroxyl groups is 4. The zero-order valence-corrected chi connectivity index (χ0v) is 17.8. The van der Waals surface area contributed by atoms with Crippen LogP contribution in [0.2, 0.25) is 0 Å². The summed E-state index contributed by atoms with van der Waals surface area (Å²) in [6.07, 6.45) is -11.0. The van der Waals surface area contributed by atoms with Gasteiger partial charge in [0.05, 0.1) is 13.2 Å². The molecule has 12 heteroatoms. The molecule has 12 nitrogen and oxygen atoms in total.